The lowest BCUT2D eigenvalue weighted by Gasteiger charge is -2.10. The minimum atomic E-state index is 0.200. The summed E-state index contributed by atoms with van der Waals surface area (Å²) in [5, 5.41) is 19.0. The molecular weight excluding hydrogens is 218 g/mol. The quantitative estimate of drug-likeness (QED) is 0.539. The Hall–Kier alpha value is -2.10. The molecule has 1 aliphatic rings. The van der Waals surface area contributed by atoms with Gasteiger partial charge in [0.15, 0.2) is 5.96 Å². The molecule has 2 rings (SSSR count). The second-order valence-corrected chi connectivity index (χ2v) is 3.86. The molecule has 0 atom stereocenters. The molecular formula is C10H15N7. The average Bonchev–Trinajstić information content (AvgIpc) is 3.04. The molecule has 90 valence electrons. The van der Waals surface area contributed by atoms with Crippen LogP contribution in [0.1, 0.15) is 18.7 Å². The van der Waals surface area contributed by atoms with Crippen molar-refractivity contribution >= 4 is 5.96 Å². The highest BCUT2D eigenvalue weighted by Gasteiger charge is 2.21. The second kappa shape index (κ2) is 5.30. The summed E-state index contributed by atoms with van der Waals surface area (Å²) in [4.78, 5) is 7.95. The van der Waals surface area contributed by atoms with Crippen LogP contribution in [0.4, 0.5) is 0 Å². The van der Waals surface area contributed by atoms with Crippen LogP contribution in [0.2, 0.25) is 0 Å². The van der Waals surface area contributed by atoms with Gasteiger partial charge in [-0.15, -0.1) is 5.10 Å². The molecule has 1 fully saturated rings. The van der Waals surface area contributed by atoms with Crippen LogP contribution in [0, 0.1) is 11.3 Å². The van der Waals surface area contributed by atoms with Crippen LogP contribution < -0.4 is 10.6 Å². The highest BCUT2D eigenvalue weighted by molar-refractivity contribution is 5.80. The molecule has 0 spiro atoms. The van der Waals surface area contributed by atoms with E-state index < -0.39 is 0 Å². The minimum absolute atomic E-state index is 0.200. The van der Waals surface area contributed by atoms with Crippen molar-refractivity contribution in [2.24, 2.45) is 4.99 Å². The van der Waals surface area contributed by atoms with E-state index in [9.17, 15) is 0 Å². The fourth-order valence-electron chi connectivity index (χ4n) is 1.36. The van der Waals surface area contributed by atoms with Gasteiger partial charge in [-0.2, -0.15) is 5.26 Å². The molecule has 0 radical (unpaired) electrons. The van der Waals surface area contributed by atoms with Crippen molar-refractivity contribution < 1.29 is 0 Å². The molecule has 1 aromatic heterocycles. The number of rotatable bonds is 4. The van der Waals surface area contributed by atoms with Crippen molar-refractivity contribution in [2.45, 2.75) is 25.4 Å². The largest absolute Gasteiger partial charge is 0.355 e. The predicted octanol–water partition coefficient (Wildman–Crippen LogP) is -0.523. The Morgan fingerprint density at radius 1 is 1.71 bits per heavy atom. The molecule has 17 heavy (non-hydrogen) atoms. The van der Waals surface area contributed by atoms with E-state index in [2.05, 4.69) is 25.7 Å². The van der Waals surface area contributed by atoms with Crippen molar-refractivity contribution in [3.63, 3.8) is 0 Å². The number of aliphatic imine (C=N–C) groups is 1. The maximum atomic E-state index is 8.58. The van der Waals surface area contributed by atoms with Gasteiger partial charge in [-0.05, 0) is 12.8 Å². The predicted molar refractivity (Wildman–Crippen MR) is 62.3 cm³/mol. The van der Waals surface area contributed by atoms with Crippen molar-refractivity contribution in [2.75, 3.05) is 13.6 Å². The number of aromatic nitrogens is 3. The molecule has 7 heteroatoms. The molecule has 7 nitrogen and oxygen atoms in total. The Labute approximate surface area is 99.6 Å². The Morgan fingerprint density at radius 3 is 3.12 bits per heavy atom. The third-order valence-corrected chi connectivity index (χ3v) is 2.41. The number of hydrogen-bond donors (Lipinski definition) is 2. The number of nitriles is 1. The van der Waals surface area contributed by atoms with E-state index in [1.165, 1.54) is 12.8 Å². The molecule has 2 N–H and O–H groups in total. The molecule has 1 heterocycles. The maximum absolute atomic E-state index is 8.58. The first-order valence-corrected chi connectivity index (χ1v) is 5.58. The van der Waals surface area contributed by atoms with Crippen LogP contribution in [0.5, 0.6) is 0 Å². The average molecular weight is 233 g/mol. The van der Waals surface area contributed by atoms with E-state index in [4.69, 9.17) is 5.26 Å². The van der Waals surface area contributed by atoms with Gasteiger partial charge >= 0.3 is 0 Å². The number of hydrogen-bond acceptors (Lipinski definition) is 4. The van der Waals surface area contributed by atoms with E-state index in [-0.39, 0.29) is 5.82 Å². The van der Waals surface area contributed by atoms with E-state index >= 15 is 0 Å². The number of nitrogens with one attached hydrogen (secondary N) is 2. The molecule has 1 saturated carbocycles. The molecule has 1 aromatic rings. The lowest BCUT2D eigenvalue weighted by atomic mass is 10.6. The SMILES string of the molecule is CN=C(NCCn1cnc(C#N)n1)NC1CC1. The summed E-state index contributed by atoms with van der Waals surface area (Å²) in [6.07, 6.45) is 3.99. The van der Waals surface area contributed by atoms with E-state index in [0.29, 0.717) is 19.1 Å². The summed E-state index contributed by atoms with van der Waals surface area (Å²) < 4.78 is 1.63. The fourth-order valence-corrected chi connectivity index (χ4v) is 1.36. The summed E-state index contributed by atoms with van der Waals surface area (Å²) >= 11 is 0. The van der Waals surface area contributed by atoms with Gasteiger partial charge in [0.1, 0.15) is 12.4 Å². The zero-order valence-electron chi connectivity index (χ0n) is 9.72. The lowest BCUT2D eigenvalue weighted by molar-refractivity contribution is 0.594. The van der Waals surface area contributed by atoms with Gasteiger partial charge in [0.2, 0.25) is 0 Å². The van der Waals surface area contributed by atoms with Gasteiger partial charge in [-0.3, -0.25) is 4.99 Å². The van der Waals surface area contributed by atoms with Crippen LogP contribution in [0.3, 0.4) is 0 Å². The van der Waals surface area contributed by atoms with E-state index in [1.807, 2.05) is 6.07 Å². The van der Waals surface area contributed by atoms with Gasteiger partial charge < -0.3 is 10.6 Å². The van der Waals surface area contributed by atoms with E-state index in [1.54, 1.807) is 18.1 Å². The van der Waals surface area contributed by atoms with Crippen LogP contribution >= 0.6 is 0 Å². The van der Waals surface area contributed by atoms with Crippen LogP contribution in [0.25, 0.3) is 0 Å². The normalized spacial score (nSPS) is 15.4. The van der Waals surface area contributed by atoms with Crippen molar-refractivity contribution in [3.05, 3.63) is 12.2 Å². The fraction of sp³-hybridized carbons (Fsp3) is 0.600. The summed E-state index contributed by atoms with van der Waals surface area (Å²) in [6, 6.07) is 2.47. The first kappa shape index (κ1) is 11.4. The van der Waals surface area contributed by atoms with E-state index in [0.717, 1.165) is 5.96 Å². The highest BCUT2D eigenvalue weighted by Crippen LogP contribution is 2.18. The molecule has 0 aromatic carbocycles. The zero-order valence-corrected chi connectivity index (χ0v) is 9.72. The second-order valence-electron chi connectivity index (χ2n) is 3.86. The number of nitrogens with zero attached hydrogens (tertiary/aromatic N) is 5. The first-order valence-electron chi connectivity index (χ1n) is 5.58. The lowest BCUT2D eigenvalue weighted by Crippen LogP contribution is -2.39. The Balaban J connectivity index is 1.72. The molecule has 0 unspecified atom stereocenters. The van der Waals surface area contributed by atoms with Gasteiger partial charge in [-0.25, -0.2) is 9.67 Å². The van der Waals surface area contributed by atoms with Crippen molar-refractivity contribution in [1.82, 2.24) is 25.4 Å². The molecule has 1 aliphatic carbocycles. The zero-order chi connectivity index (χ0) is 12.1. The molecule has 0 aliphatic heterocycles. The van der Waals surface area contributed by atoms with Gasteiger partial charge in [0, 0.05) is 19.6 Å². The summed E-state index contributed by atoms with van der Waals surface area (Å²) in [6.45, 7) is 1.35. The minimum Gasteiger partial charge on any atom is -0.355 e. The van der Waals surface area contributed by atoms with Crippen LogP contribution in [-0.4, -0.2) is 40.4 Å². The monoisotopic (exact) mass is 233 g/mol. The van der Waals surface area contributed by atoms with Gasteiger partial charge in [0.05, 0.1) is 6.54 Å². The molecule has 0 saturated heterocycles. The Morgan fingerprint density at radius 2 is 2.53 bits per heavy atom. The van der Waals surface area contributed by atoms with Crippen LogP contribution in [-0.2, 0) is 6.54 Å². The maximum Gasteiger partial charge on any atom is 0.252 e. The molecule has 0 amide bonds. The third-order valence-electron chi connectivity index (χ3n) is 2.41. The summed E-state index contributed by atoms with van der Waals surface area (Å²) in [5.41, 5.74) is 0. The third kappa shape index (κ3) is 3.45. The molecule has 0 bridgehead atoms. The first-order chi connectivity index (χ1) is 8.31. The Bertz CT molecular complexity index is 438. The summed E-state index contributed by atoms with van der Waals surface area (Å²) in [5.74, 6) is 1.01. The van der Waals surface area contributed by atoms with Gasteiger partial charge in [-0.1, -0.05) is 0 Å². The standard InChI is InChI=1S/C10H15N7/c1-12-10(15-8-2-3-8)13-4-5-17-7-14-9(6-11)16-17/h7-8H,2-5H2,1H3,(H2,12,13,15). The highest BCUT2D eigenvalue weighted by atomic mass is 15.3. The van der Waals surface area contributed by atoms with Crippen molar-refractivity contribution in [3.8, 4) is 6.07 Å². The van der Waals surface area contributed by atoms with Crippen molar-refractivity contribution in [1.29, 1.82) is 5.26 Å². The van der Waals surface area contributed by atoms with Gasteiger partial charge in [0.25, 0.3) is 5.82 Å². The topological polar surface area (TPSA) is 90.9 Å². The number of guanidine groups is 1. The smallest absolute Gasteiger partial charge is 0.252 e. The Kier molecular flexibility index (Phi) is 3.55. The summed E-state index contributed by atoms with van der Waals surface area (Å²) in [7, 11) is 1.75. The van der Waals surface area contributed by atoms with Crippen LogP contribution in [0.15, 0.2) is 11.3 Å².